The van der Waals surface area contributed by atoms with Crippen molar-refractivity contribution in [3.63, 3.8) is 0 Å². The number of anilines is 1. The van der Waals surface area contributed by atoms with Crippen LogP contribution in [0.4, 0.5) is 5.69 Å². The first-order valence-corrected chi connectivity index (χ1v) is 6.92. The second kappa shape index (κ2) is 5.28. The molecule has 0 amide bonds. The predicted molar refractivity (Wildman–Crippen MR) is 80.0 cm³/mol. The van der Waals surface area contributed by atoms with Crippen LogP contribution < -0.4 is 10.5 Å². The minimum Gasteiger partial charge on any atom is -0.437 e. The Morgan fingerprint density at radius 2 is 1.89 bits per heavy atom. The Balaban J connectivity index is 2.37. The van der Waals surface area contributed by atoms with Crippen LogP contribution in [-0.4, -0.2) is 4.98 Å². The summed E-state index contributed by atoms with van der Waals surface area (Å²) in [5.41, 5.74) is 8.37. The Morgan fingerprint density at radius 3 is 2.50 bits per heavy atom. The third kappa shape index (κ3) is 2.84. The molecule has 0 spiro atoms. The number of ether oxygens (including phenoxy) is 1. The van der Waals surface area contributed by atoms with Gasteiger partial charge in [-0.15, -0.1) is 0 Å². The van der Waals surface area contributed by atoms with Crippen LogP contribution in [-0.2, 0) is 0 Å². The van der Waals surface area contributed by atoms with Gasteiger partial charge < -0.3 is 10.5 Å². The molecule has 2 aromatic rings. The topological polar surface area (TPSA) is 48.1 Å². The third-order valence-electron chi connectivity index (χ3n) is 2.47. The fourth-order valence-electron chi connectivity index (χ4n) is 1.58. The zero-order chi connectivity index (χ0) is 13.3. The van der Waals surface area contributed by atoms with E-state index in [0.29, 0.717) is 17.3 Å². The Kier molecular flexibility index (Phi) is 3.92. The molecule has 1 heterocycles. The van der Waals surface area contributed by atoms with E-state index >= 15 is 0 Å². The standard InChI is InChI=1S/C13H12Br2N2O/c1-7-5-9(14)6-11(16)13(7)18-12-4-3-10(15)8(2)17-12/h3-6H,16H2,1-2H3. The van der Waals surface area contributed by atoms with E-state index in [2.05, 4.69) is 36.8 Å². The smallest absolute Gasteiger partial charge is 0.219 e. The number of halogens is 2. The molecule has 0 aliphatic carbocycles. The molecule has 18 heavy (non-hydrogen) atoms. The lowest BCUT2D eigenvalue weighted by atomic mass is 10.2. The van der Waals surface area contributed by atoms with Gasteiger partial charge in [-0.05, 0) is 53.5 Å². The van der Waals surface area contributed by atoms with E-state index in [0.717, 1.165) is 20.2 Å². The van der Waals surface area contributed by atoms with Crippen molar-refractivity contribution in [1.29, 1.82) is 0 Å². The van der Waals surface area contributed by atoms with Crippen LogP contribution in [0.2, 0.25) is 0 Å². The highest BCUT2D eigenvalue weighted by Crippen LogP contribution is 2.33. The quantitative estimate of drug-likeness (QED) is 0.785. The molecule has 0 radical (unpaired) electrons. The molecule has 0 bridgehead atoms. The molecule has 2 N–H and O–H groups in total. The minimum absolute atomic E-state index is 0.535. The van der Waals surface area contributed by atoms with Crippen LogP contribution >= 0.6 is 31.9 Å². The molecular weight excluding hydrogens is 360 g/mol. The van der Waals surface area contributed by atoms with Gasteiger partial charge in [0.1, 0.15) is 0 Å². The molecule has 5 heteroatoms. The number of pyridine rings is 1. The highest BCUT2D eigenvalue weighted by atomic mass is 79.9. The molecule has 0 fully saturated rings. The summed E-state index contributed by atoms with van der Waals surface area (Å²) in [4.78, 5) is 4.34. The van der Waals surface area contributed by atoms with Crippen LogP contribution in [0.5, 0.6) is 11.6 Å². The van der Waals surface area contributed by atoms with Crippen LogP contribution in [0, 0.1) is 13.8 Å². The van der Waals surface area contributed by atoms with Crippen molar-refractivity contribution in [1.82, 2.24) is 4.98 Å². The van der Waals surface area contributed by atoms with Gasteiger partial charge in [-0.3, -0.25) is 0 Å². The fraction of sp³-hybridized carbons (Fsp3) is 0.154. The van der Waals surface area contributed by atoms with Crippen molar-refractivity contribution < 1.29 is 4.74 Å². The second-order valence-electron chi connectivity index (χ2n) is 3.96. The van der Waals surface area contributed by atoms with Crippen LogP contribution in [0.1, 0.15) is 11.3 Å². The summed E-state index contributed by atoms with van der Waals surface area (Å²) < 4.78 is 7.64. The summed E-state index contributed by atoms with van der Waals surface area (Å²) >= 11 is 6.80. The maximum absolute atomic E-state index is 5.95. The monoisotopic (exact) mass is 370 g/mol. The highest BCUT2D eigenvalue weighted by Gasteiger charge is 2.09. The van der Waals surface area contributed by atoms with Gasteiger partial charge in [0.15, 0.2) is 5.75 Å². The van der Waals surface area contributed by atoms with Crippen molar-refractivity contribution in [2.24, 2.45) is 0 Å². The Morgan fingerprint density at radius 1 is 1.17 bits per heavy atom. The van der Waals surface area contributed by atoms with E-state index in [1.165, 1.54) is 0 Å². The Bertz CT molecular complexity index is 577. The highest BCUT2D eigenvalue weighted by molar-refractivity contribution is 9.10. The average molecular weight is 372 g/mol. The van der Waals surface area contributed by atoms with Crippen LogP contribution in [0.25, 0.3) is 0 Å². The average Bonchev–Trinajstić information content (AvgIpc) is 2.28. The number of nitrogens with two attached hydrogens (primary N) is 1. The summed E-state index contributed by atoms with van der Waals surface area (Å²) in [7, 11) is 0. The molecule has 0 saturated heterocycles. The molecule has 0 aliphatic rings. The minimum atomic E-state index is 0.535. The maximum Gasteiger partial charge on any atom is 0.219 e. The van der Waals surface area contributed by atoms with Crippen LogP contribution in [0.3, 0.4) is 0 Å². The first-order chi connectivity index (χ1) is 8.47. The lowest BCUT2D eigenvalue weighted by Gasteiger charge is -2.12. The van der Waals surface area contributed by atoms with E-state index < -0.39 is 0 Å². The van der Waals surface area contributed by atoms with Gasteiger partial charge in [0, 0.05) is 15.0 Å². The zero-order valence-corrected chi connectivity index (χ0v) is 13.2. The van der Waals surface area contributed by atoms with Gasteiger partial charge in [-0.25, -0.2) is 4.98 Å². The number of nitrogen functional groups attached to an aromatic ring is 1. The number of aromatic nitrogens is 1. The van der Waals surface area contributed by atoms with Crippen LogP contribution in [0.15, 0.2) is 33.2 Å². The molecule has 0 atom stereocenters. The SMILES string of the molecule is Cc1cc(Br)cc(N)c1Oc1ccc(Br)c(C)n1. The molecule has 0 aliphatic heterocycles. The van der Waals surface area contributed by atoms with Gasteiger partial charge in [-0.1, -0.05) is 15.9 Å². The largest absolute Gasteiger partial charge is 0.437 e. The molecule has 0 unspecified atom stereocenters. The summed E-state index contributed by atoms with van der Waals surface area (Å²) in [6, 6.07) is 7.48. The maximum atomic E-state index is 5.95. The van der Waals surface area contributed by atoms with E-state index in [1.807, 2.05) is 32.0 Å². The summed E-state index contributed by atoms with van der Waals surface area (Å²) in [5.74, 6) is 1.18. The molecule has 3 nitrogen and oxygen atoms in total. The normalized spacial score (nSPS) is 10.4. The second-order valence-corrected chi connectivity index (χ2v) is 5.73. The van der Waals surface area contributed by atoms with E-state index in [9.17, 15) is 0 Å². The zero-order valence-electron chi connectivity index (χ0n) is 10.00. The summed E-state index contributed by atoms with van der Waals surface area (Å²) in [5, 5.41) is 0. The fourth-order valence-corrected chi connectivity index (χ4v) is 2.39. The Hall–Kier alpha value is -1.07. The van der Waals surface area contributed by atoms with Gasteiger partial charge >= 0.3 is 0 Å². The molecular formula is C13H12Br2N2O. The molecule has 0 saturated carbocycles. The van der Waals surface area contributed by atoms with E-state index in [-0.39, 0.29) is 0 Å². The third-order valence-corrected chi connectivity index (χ3v) is 3.77. The number of rotatable bonds is 2. The lowest BCUT2D eigenvalue weighted by molar-refractivity contribution is 0.460. The first kappa shape index (κ1) is 13.4. The summed E-state index contributed by atoms with van der Waals surface area (Å²) in [6.07, 6.45) is 0. The number of hydrogen-bond donors (Lipinski definition) is 1. The number of nitrogens with zero attached hydrogens (tertiary/aromatic N) is 1. The number of benzene rings is 1. The Labute approximate surface area is 123 Å². The molecule has 94 valence electrons. The summed E-state index contributed by atoms with van der Waals surface area (Å²) in [6.45, 7) is 3.86. The van der Waals surface area contributed by atoms with Crippen molar-refractivity contribution in [3.05, 3.63) is 44.5 Å². The van der Waals surface area contributed by atoms with Crippen molar-refractivity contribution in [3.8, 4) is 11.6 Å². The van der Waals surface area contributed by atoms with Crippen molar-refractivity contribution in [2.75, 3.05) is 5.73 Å². The number of hydrogen-bond acceptors (Lipinski definition) is 3. The molecule has 2 rings (SSSR count). The van der Waals surface area contributed by atoms with Gasteiger partial charge in [-0.2, -0.15) is 0 Å². The molecule has 1 aromatic carbocycles. The first-order valence-electron chi connectivity index (χ1n) is 5.34. The van der Waals surface area contributed by atoms with Crippen molar-refractivity contribution >= 4 is 37.5 Å². The van der Waals surface area contributed by atoms with Gasteiger partial charge in [0.05, 0.1) is 11.4 Å². The van der Waals surface area contributed by atoms with Gasteiger partial charge in [0.25, 0.3) is 0 Å². The van der Waals surface area contributed by atoms with E-state index in [1.54, 1.807) is 6.07 Å². The number of aryl methyl sites for hydroxylation is 2. The van der Waals surface area contributed by atoms with Crippen molar-refractivity contribution in [2.45, 2.75) is 13.8 Å². The lowest BCUT2D eigenvalue weighted by Crippen LogP contribution is -1.97. The predicted octanol–water partition coefficient (Wildman–Crippen LogP) is 4.60. The van der Waals surface area contributed by atoms with E-state index in [4.69, 9.17) is 10.5 Å². The van der Waals surface area contributed by atoms with Gasteiger partial charge in [0.2, 0.25) is 5.88 Å². The molecule has 1 aromatic heterocycles.